The Hall–Kier alpha value is -1.56. The lowest BCUT2D eigenvalue weighted by Crippen LogP contribution is -2.44. The highest BCUT2D eigenvalue weighted by Gasteiger charge is 2.41. The van der Waals surface area contributed by atoms with Crippen LogP contribution in [0.15, 0.2) is 24.3 Å². The molecule has 0 spiro atoms. The Morgan fingerprint density at radius 1 is 1.29 bits per heavy atom. The number of hydrogen-bond donors (Lipinski definition) is 2. The number of rotatable bonds is 7. The van der Waals surface area contributed by atoms with Gasteiger partial charge in [0.2, 0.25) is 5.91 Å². The van der Waals surface area contributed by atoms with Crippen molar-refractivity contribution in [3.63, 3.8) is 0 Å². The summed E-state index contributed by atoms with van der Waals surface area (Å²) < 4.78 is 13.4. The molecule has 1 aliphatic rings. The molecule has 1 aromatic carbocycles. The maximum Gasteiger partial charge on any atom is 0.307 e. The van der Waals surface area contributed by atoms with Crippen molar-refractivity contribution in [3.8, 4) is 0 Å². The van der Waals surface area contributed by atoms with Crippen LogP contribution >= 0.6 is 11.8 Å². The molecule has 2 unspecified atom stereocenters. The van der Waals surface area contributed by atoms with E-state index in [9.17, 15) is 14.0 Å². The number of halogens is 1. The van der Waals surface area contributed by atoms with Gasteiger partial charge in [-0.3, -0.25) is 9.59 Å². The third kappa shape index (κ3) is 4.20. The maximum absolute atomic E-state index is 13.4. The number of aliphatic carboxylic acids is 1. The van der Waals surface area contributed by atoms with Crippen LogP contribution in [0.1, 0.15) is 18.4 Å². The quantitative estimate of drug-likeness (QED) is 0.758. The number of nitrogens with one attached hydrogen (secondary N) is 1. The predicted molar refractivity (Wildman–Crippen MR) is 79.4 cm³/mol. The van der Waals surface area contributed by atoms with Gasteiger partial charge in [-0.05, 0) is 24.5 Å². The van der Waals surface area contributed by atoms with Crippen molar-refractivity contribution >= 4 is 23.6 Å². The van der Waals surface area contributed by atoms with Gasteiger partial charge in [0.15, 0.2) is 0 Å². The summed E-state index contributed by atoms with van der Waals surface area (Å²) in [5.74, 6) is -0.979. The summed E-state index contributed by atoms with van der Waals surface area (Å²) in [5, 5.41) is 11.6. The summed E-state index contributed by atoms with van der Waals surface area (Å²) in [4.78, 5) is 22.6. The predicted octanol–water partition coefficient (Wildman–Crippen LogP) is 2.29. The van der Waals surface area contributed by atoms with E-state index in [4.69, 9.17) is 5.11 Å². The van der Waals surface area contributed by atoms with E-state index in [1.165, 1.54) is 17.8 Å². The van der Waals surface area contributed by atoms with E-state index in [1.54, 1.807) is 18.2 Å². The van der Waals surface area contributed by atoms with Gasteiger partial charge in [0, 0.05) is 18.1 Å². The molecule has 114 valence electrons. The molecule has 1 aromatic rings. The summed E-state index contributed by atoms with van der Waals surface area (Å²) >= 11 is 1.54. The highest BCUT2D eigenvalue weighted by Crippen LogP contribution is 2.34. The molecule has 2 atom stereocenters. The first-order valence-corrected chi connectivity index (χ1v) is 8.06. The van der Waals surface area contributed by atoms with E-state index in [1.807, 2.05) is 0 Å². The standard InChI is InChI=1S/C15H18FNO3S/c16-13-4-2-1-3-10(13)9-21-8-7-17-14(18)11-5-6-12(11)15(19)20/h1-4,11-12H,5-9H2,(H,17,18)(H,19,20). The van der Waals surface area contributed by atoms with Crippen LogP contribution in [0.2, 0.25) is 0 Å². The molecule has 21 heavy (non-hydrogen) atoms. The Morgan fingerprint density at radius 2 is 2.00 bits per heavy atom. The first-order valence-electron chi connectivity index (χ1n) is 6.91. The number of carbonyl (C=O) groups excluding carboxylic acids is 1. The fraction of sp³-hybridized carbons (Fsp3) is 0.467. The van der Waals surface area contributed by atoms with Crippen LogP contribution in [0.25, 0.3) is 0 Å². The van der Waals surface area contributed by atoms with Crippen molar-refractivity contribution in [3.05, 3.63) is 35.6 Å². The Bertz CT molecular complexity index is 523. The van der Waals surface area contributed by atoms with Gasteiger partial charge in [0.1, 0.15) is 5.82 Å². The van der Waals surface area contributed by atoms with Gasteiger partial charge >= 0.3 is 5.97 Å². The zero-order valence-electron chi connectivity index (χ0n) is 11.5. The lowest BCUT2D eigenvalue weighted by Gasteiger charge is -2.31. The third-order valence-electron chi connectivity index (χ3n) is 3.69. The highest BCUT2D eigenvalue weighted by molar-refractivity contribution is 7.98. The second-order valence-corrected chi connectivity index (χ2v) is 6.17. The van der Waals surface area contributed by atoms with E-state index >= 15 is 0 Å². The number of carboxylic acids is 1. The largest absolute Gasteiger partial charge is 0.481 e. The van der Waals surface area contributed by atoms with Crippen LogP contribution in [0, 0.1) is 17.7 Å². The first-order chi connectivity index (χ1) is 10.1. The van der Waals surface area contributed by atoms with Gasteiger partial charge in [-0.15, -0.1) is 0 Å². The molecule has 0 heterocycles. The molecule has 4 nitrogen and oxygen atoms in total. The zero-order valence-corrected chi connectivity index (χ0v) is 12.4. The molecular weight excluding hydrogens is 293 g/mol. The van der Waals surface area contributed by atoms with Gasteiger partial charge in [0.05, 0.1) is 11.8 Å². The van der Waals surface area contributed by atoms with Gasteiger partial charge in [-0.25, -0.2) is 4.39 Å². The lowest BCUT2D eigenvalue weighted by molar-refractivity contribution is -0.152. The Morgan fingerprint density at radius 3 is 2.62 bits per heavy atom. The molecule has 0 saturated heterocycles. The van der Waals surface area contributed by atoms with Crippen molar-refractivity contribution in [2.45, 2.75) is 18.6 Å². The van der Waals surface area contributed by atoms with Crippen molar-refractivity contribution in [1.29, 1.82) is 0 Å². The van der Waals surface area contributed by atoms with Crippen molar-refractivity contribution in [2.24, 2.45) is 11.8 Å². The van der Waals surface area contributed by atoms with E-state index < -0.39 is 11.9 Å². The second-order valence-electron chi connectivity index (χ2n) is 5.06. The Kier molecular flexibility index (Phi) is 5.61. The summed E-state index contributed by atoms with van der Waals surface area (Å²) in [5.41, 5.74) is 0.652. The fourth-order valence-electron chi connectivity index (χ4n) is 2.28. The summed E-state index contributed by atoms with van der Waals surface area (Å²) in [7, 11) is 0. The number of carbonyl (C=O) groups is 2. The minimum atomic E-state index is -0.893. The normalized spacial score (nSPS) is 20.6. The van der Waals surface area contributed by atoms with Gasteiger partial charge < -0.3 is 10.4 Å². The highest BCUT2D eigenvalue weighted by atomic mass is 32.2. The zero-order chi connectivity index (χ0) is 15.2. The van der Waals surface area contributed by atoms with E-state index in [0.29, 0.717) is 36.5 Å². The maximum atomic E-state index is 13.4. The lowest BCUT2D eigenvalue weighted by atomic mass is 9.73. The molecular formula is C15H18FNO3S. The average molecular weight is 311 g/mol. The second kappa shape index (κ2) is 7.45. The van der Waals surface area contributed by atoms with Crippen molar-refractivity contribution in [2.75, 3.05) is 12.3 Å². The fourth-order valence-corrected chi connectivity index (χ4v) is 3.13. The molecule has 1 amide bonds. The van der Waals surface area contributed by atoms with E-state index in [2.05, 4.69) is 5.32 Å². The SMILES string of the molecule is O=C(O)C1CCC1C(=O)NCCSCc1ccccc1F. The molecule has 2 N–H and O–H groups in total. The van der Waals surface area contributed by atoms with Crippen LogP contribution < -0.4 is 5.32 Å². The Labute approximate surface area is 127 Å². The van der Waals surface area contributed by atoms with Gasteiger partial charge in [-0.1, -0.05) is 18.2 Å². The van der Waals surface area contributed by atoms with E-state index in [-0.39, 0.29) is 17.6 Å². The summed E-state index contributed by atoms with van der Waals surface area (Å²) in [6.07, 6.45) is 1.22. The smallest absolute Gasteiger partial charge is 0.307 e. The van der Waals surface area contributed by atoms with Gasteiger partial charge in [0.25, 0.3) is 0 Å². The minimum Gasteiger partial charge on any atom is -0.481 e. The van der Waals surface area contributed by atoms with Crippen LogP contribution in [-0.4, -0.2) is 29.3 Å². The third-order valence-corrected chi connectivity index (χ3v) is 4.70. The molecule has 0 aliphatic heterocycles. The molecule has 0 radical (unpaired) electrons. The molecule has 6 heteroatoms. The van der Waals surface area contributed by atoms with Crippen LogP contribution in [0.5, 0.6) is 0 Å². The molecule has 1 fully saturated rings. The number of carboxylic acid groups (broad SMARTS) is 1. The molecule has 2 rings (SSSR count). The van der Waals surface area contributed by atoms with Crippen LogP contribution in [-0.2, 0) is 15.3 Å². The number of hydrogen-bond acceptors (Lipinski definition) is 3. The minimum absolute atomic E-state index is 0.180. The van der Waals surface area contributed by atoms with Crippen LogP contribution in [0.3, 0.4) is 0 Å². The topological polar surface area (TPSA) is 66.4 Å². The molecule has 1 aliphatic carbocycles. The van der Waals surface area contributed by atoms with Crippen molar-refractivity contribution in [1.82, 2.24) is 5.32 Å². The number of amides is 1. The van der Waals surface area contributed by atoms with Crippen LogP contribution in [0.4, 0.5) is 4.39 Å². The molecule has 0 aromatic heterocycles. The molecule has 0 bridgehead atoms. The number of thioether (sulfide) groups is 1. The first kappa shape index (κ1) is 15.8. The summed E-state index contributed by atoms with van der Waals surface area (Å²) in [6.45, 7) is 0.473. The Balaban J connectivity index is 1.63. The monoisotopic (exact) mass is 311 g/mol. The summed E-state index contributed by atoms with van der Waals surface area (Å²) in [6, 6.07) is 6.62. The van der Waals surface area contributed by atoms with E-state index in [0.717, 1.165) is 0 Å². The average Bonchev–Trinajstić information content (AvgIpc) is 2.38. The van der Waals surface area contributed by atoms with Crippen molar-refractivity contribution < 1.29 is 19.1 Å². The van der Waals surface area contributed by atoms with Gasteiger partial charge in [-0.2, -0.15) is 11.8 Å². The number of benzene rings is 1. The molecule has 1 saturated carbocycles.